The minimum absolute atomic E-state index is 0.0459. The monoisotopic (exact) mass is 308 g/mol. The predicted octanol–water partition coefficient (Wildman–Crippen LogP) is 2.78. The van der Waals surface area contributed by atoms with Crippen molar-refractivity contribution in [3.05, 3.63) is 46.5 Å². The smallest absolute Gasteiger partial charge is 0.320 e. The molecule has 0 heterocycles. The second-order valence-corrected chi connectivity index (χ2v) is 5.19. The first-order valence-corrected chi connectivity index (χ1v) is 6.44. The van der Waals surface area contributed by atoms with E-state index >= 15 is 0 Å². The van der Waals surface area contributed by atoms with E-state index in [0.717, 1.165) is 10.0 Å². The Hall–Kier alpha value is -1.42. The maximum Gasteiger partial charge on any atom is 0.320 e. The summed E-state index contributed by atoms with van der Waals surface area (Å²) < 4.78 is 5.80. The zero-order chi connectivity index (χ0) is 13.2. The fourth-order valence-corrected chi connectivity index (χ4v) is 2.60. The molecule has 18 heavy (non-hydrogen) atoms. The van der Waals surface area contributed by atoms with E-state index in [4.69, 9.17) is 4.74 Å². The molecule has 94 valence electrons. The highest BCUT2D eigenvalue weighted by Gasteiger charge is 2.41. The van der Waals surface area contributed by atoms with Crippen LogP contribution >= 0.6 is 15.9 Å². The zero-order valence-electron chi connectivity index (χ0n) is 9.98. The molecule has 0 saturated carbocycles. The first kappa shape index (κ1) is 13.0. The van der Waals surface area contributed by atoms with E-state index in [1.54, 1.807) is 6.08 Å². The van der Waals surface area contributed by atoms with Crippen LogP contribution in [0.1, 0.15) is 18.4 Å². The summed E-state index contributed by atoms with van der Waals surface area (Å²) in [7, 11) is 1.37. The number of ketones is 1. The van der Waals surface area contributed by atoms with Gasteiger partial charge in [-0.05, 0) is 30.2 Å². The summed E-state index contributed by atoms with van der Waals surface area (Å²) in [5.41, 5.74) is -0.000579. The number of ether oxygens (including phenoxy) is 1. The molecule has 0 amide bonds. The zero-order valence-corrected chi connectivity index (χ0v) is 11.6. The van der Waals surface area contributed by atoms with Crippen molar-refractivity contribution in [1.29, 1.82) is 0 Å². The van der Waals surface area contributed by atoms with E-state index in [2.05, 4.69) is 15.9 Å². The van der Waals surface area contributed by atoms with Crippen LogP contribution in [0.5, 0.6) is 0 Å². The Bertz CT molecular complexity index is 522. The molecule has 1 aliphatic rings. The Labute approximate surface area is 114 Å². The number of carbonyl (C=O) groups excluding carboxylic acids is 2. The van der Waals surface area contributed by atoms with Crippen LogP contribution in [0, 0.1) is 0 Å². The Kier molecular flexibility index (Phi) is 3.66. The number of halogens is 1. The van der Waals surface area contributed by atoms with Gasteiger partial charge in [-0.2, -0.15) is 0 Å². The number of carbonyl (C=O) groups is 2. The second kappa shape index (κ2) is 5.06. The molecule has 0 radical (unpaired) electrons. The summed E-state index contributed by atoms with van der Waals surface area (Å²) in [4.78, 5) is 23.4. The molecule has 1 aromatic rings. The summed E-state index contributed by atoms with van der Waals surface area (Å²) in [6, 6.07) is 7.53. The van der Waals surface area contributed by atoms with E-state index in [9.17, 15) is 9.59 Å². The van der Waals surface area contributed by atoms with Gasteiger partial charge in [0.05, 0.1) is 7.11 Å². The normalized spacial score (nSPS) is 22.9. The van der Waals surface area contributed by atoms with Crippen molar-refractivity contribution >= 4 is 27.7 Å². The maximum atomic E-state index is 12.1. The molecule has 1 unspecified atom stereocenters. The number of esters is 1. The maximum absolute atomic E-state index is 12.1. The SMILES string of the molecule is COC(=O)C1(c2cccc(Br)c2)C=CC(=O)CC1. The molecule has 3 nitrogen and oxygen atoms in total. The molecule has 0 saturated heterocycles. The van der Waals surface area contributed by atoms with E-state index in [1.165, 1.54) is 13.2 Å². The Morgan fingerprint density at radius 2 is 2.22 bits per heavy atom. The van der Waals surface area contributed by atoms with Gasteiger partial charge >= 0.3 is 5.97 Å². The standard InChI is InChI=1S/C14H13BrO3/c1-18-13(17)14(7-5-12(16)6-8-14)10-3-2-4-11(15)9-10/h2-5,7,9H,6,8H2,1H3. The van der Waals surface area contributed by atoms with Gasteiger partial charge in [0.2, 0.25) is 0 Å². The van der Waals surface area contributed by atoms with Gasteiger partial charge in [-0.1, -0.05) is 34.1 Å². The summed E-state index contributed by atoms with van der Waals surface area (Å²) in [5.74, 6) is -0.283. The van der Waals surface area contributed by atoms with E-state index in [1.807, 2.05) is 24.3 Å². The first-order valence-electron chi connectivity index (χ1n) is 5.65. The average molecular weight is 309 g/mol. The van der Waals surface area contributed by atoms with Gasteiger partial charge in [-0.25, -0.2) is 0 Å². The topological polar surface area (TPSA) is 43.4 Å². The lowest BCUT2D eigenvalue weighted by molar-refractivity contribution is -0.146. The number of benzene rings is 1. The Morgan fingerprint density at radius 3 is 2.78 bits per heavy atom. The molecule has 0 aromatic heterocycles. The Balaban J connectivity index is 2.53. The molecule has 1 atom stereocenters. The van der Waals surface area contributed by atoms with Gasteiger partial charge in [0.25, 0.3) is 0 Å². The van der Waals surface area contributed by atoms with Crippen LogP contribution in [-0.4, -0.2) is 18.9 Å². The van der Waals surface area contributed by atoms with Crippen LogP contribution in [0.4, 0.5) is 0 Å². The van der Waals surface area contributed by atoms with Crippen molar-refractivity contribution in [2.24, 2.45) is 0 Å². The third kappa shape index (κ3) is 2.25. The highest BCUT2D eigenvalue weighted by Crippen LogP contribution is 2.36. The summed E-state index contributed by atoms with van der Waals surface area (Å²) >= 11 is 3.39. The van der Waals surface area contributed by atoms with E-state index in [-0.39, 0.29) is 11.8 Å². The molecule has 1 aromatic carbocycles. The number of methoxy groups -OCH3 is 1. The molecule has 0 bridgehead atoms. The predicted molar refractivity (Wildman–Crippen MR) is 71.2 cm³/mol. The number of allylic oxidation sites excluding steroid dienone is 1. The lowest BCUT2D eigenvalue weighted by atomic mass is 9.73. The lowest BCUT2D eigenvalue weighted by Crippen LogP contribution is -2.37. The van der Waals surface area contributed by atoms with Crippen LogP contribution < -0.4 is 0 Å². The first-order chi connectivity index (χ1) is 8.58. The van der Waals surface area contributed by atoms with Crippen LogP contribution in [0.15, 0.2) is 40.9 Å². The molecule has 0 aliphatic heterocycles. The average Bonchev–Trinajstić information content (AvgIpc) is 2.39. The molecule has 1 aliphatic carbocycles. The third-order valence-corrected chi connectivity index (χ3v) is 3.70. The summed E-state index contributed by atoms with van der Waals surface area (Å²) in [6.45, 7) is 0. The molecule has 2 rings (SSSR count). The van der Waals surface area contributed by atoms with Crippen molar-refractivity contribution in [2.75, 3.05) is 7.11 Å². The van der Waals surface area contributed by atoms with Crippen molar-refractivity contribution < 1.29 is 14.3 Å². The van der Waals surface area contributed by atoms with Crippen molar-refractivity contribution in [2.45, 2.75) is 18.3 Å². The van der Waals surface area contributed by atoms with Crippen LogP contribution in [0.2, 0.25) is 0 Å². The Morgan fingerprint density at radius 1 is 1.44 bits per heavy atom. The minimum atomic E-state index is -0.841. The summed E-state index contributed by atoms with van der Waals surface area (Å²) in [5, 5.41) is 0. The van der Waals surface area contributed by atoms with Gasteiger partial charge in [-0.3, -0.25) is 9.59 Å². The van der Waals surface area contributed by atoms with Crippen molar-refractivity contribution in [3.63, 3.8) is 0 Å². The molecule has 0 fully saturated rings. The number of rotatable bonds is 2. The van der Waals surface area contributed by atoms with Crippen molar-refractivity contribution in [1.82, 2.24) is 0 Å². The van der Waals surface area contributed by atoms with Gasteiger partial charge < -0.3 is 4.74 Å². The quantitative estimate of drug-likeness (QED) is 0.789. The fraction of sp³-hybridized carbons (Fsp3) is 0.286. The highest BCUT2D eigenvalue weighted by atomic mass is 79.9. The van der Waals surface area contributed by atoms with Gasteiger partial charge in [0.15, 0.2) is 5.78 Å². The second-order valence-electron chi connectivity index (χ2n) is 4.27. The van der Waals surface area contributed by atoms with Crippen LogP contribution in [0.25, 0.3) is 0 Å². The number of hydrogen-bond acceptors (Lipinski definition) is 3. The van der Waals surface area contributed by atoms with Gasteiger partial charge in [-0.15, -0.1) is 0 Å². The molecule has 4 heteroatoms. The van der Waals surface area contributed by atoms with Crippen LogP contribution in [0.3, 0.4) is 0 Å². The molecular formula is C14H13BrO3. The third-order valence-electron chi connectivity index (χ3n) is 3.21. The highest BCUT2D eigenvalue weighted by molar-refractivity contribution is 9.10. The van der Waals surface area contributed by atoms with E-state index < -0.39 is 5.41 Å². The van der Waals surface area contributed by atoms with Gasteiger partial charge in [0.1, 0.15) is 5.41 Å². The molecule has 0 N–H and O–H groups in total. The van der Waals surface area contributed by atoms with Gasteiger partial charge in [0, 0.05) is 10.9 Å². The van der Waals surface area contributed by atoms with E-state index in [0.29, 0.717) is 12.8 Å². The van der Waals surface area contributed by atoms with Crippen molar-refractivity contribution in [3.8, 4) is 0 Å². The molecule has 0 spiro atoms. The minimum Gasteiger partial charge on any atom is -0.468 e. The van der Waals surface area contributed by atoms with Crippen LogP contribution in [-0.2, 0) is 19.7 Å². The number of hydrogen-bond donors (Lipinski definition) is 0. The largest absolute Gasteiger partial charge is 0.468 e. The fourth-order valence-electron chi connectivity index (χ4n) is 2.20. The molecular weight excluding hydrogens is 296 g/mol. The summed E-state index contributed by atoms with van der Waals surface area (Å²) in [6.07, 6.45) is 3.94. The lowest BCUT2D eigenvalue weighted by Gasteiger charge is -2.30.